The largest absolute Gasteiger partial charge is 0.469 e. The van der Waals surface area contributed by atoms with Crippen LogP contribution in [0.15, 0.2) is 42.5 Å². The van der Waals surface area contributed by atoms with Crippen LogP contribution >= 0.6 is 0 Å². The Kier molecular flexibility index (Phi) is 4.09. The van der Waals surface area contributed by atoms with Gasteiger partial charge in [0.15, 0.2) is 0 Å². The van der Waals surface area contributed by atoms with Gasteiger partial charge in [0, 0.05) is 11.5 Å². The molecule has 3 heteroatoms. The first kappa shape index (κ1) is 14.5. The lowest BCUT2D eigenvalue weighted by molar-refractivity contribution is -0.142. The highest BCUT2D eigenvalue weighted by molar-refractivity contribution is 5.87. The maximum Gasteiger partial charge on any atom is 0.306 e. The molecule has 2 aromatic rings. The Bertz CT molecular complexity index is 616. The monoisotopic (exact) mass is 271 g/mol. The second-order valence-corrected chi connectivity index (χ2v) is 5.49. The number of nitrogens with two attached hydrogens (primary N) is 1. The summed E-state index contributed by atoms with van der Waals surface area (Å²) >= 11 is 0. The molecule has 20 heavy (non-hydrogen) atoms. The van der Waals surface area contributed by atoms with Crippen LogP contribution < -0.4 is 5.73 Å². The molecule has 0 saturated carbocycles. The van der Waals surface area contributed by atoms with Crippen molar-refractivity contribution in [2.75, 3.05) is 7.11 Å². The van der Waals surface area contributed by atoms with Gasteiger partial charge in [0.1, 0.15) is 0 Å². The van der Waals surface area contributed by atoms with Crippen LogP contribution in [-0.2, 0) is 14.9 Å². The van der Waals surface area contributed by atoms with Gasteiger partial charge in [-0.05, 0) is 23.3 Å². The van der Waals surface area contributed by atoms with Crippen LogP contribution in [0.25, 0.3) is 10.8 Å². The number of carbonyl (C=O) groups excluding carboxylic acids is 1. The molecule has 0 aliphatic carbocycles. The number of esters is 1. The molecule has 0 fully saturated rings. The Hall–Kier alpha value is -1.87. The van der Waals surface area contributed by atoms with E-state index in [0.717, 1.165) is 16.3 Å². The van der Waals surface area contributed by atoms with Crippen LogP contribution in [0.1, 0.15) is 25.8 Å². The summed E-state index contributed by atoms with van der Waals surface area (Å²) < 4.78 is 4.84. The highest BCUT2D eigenvalue weighted by Crippen LogP contribution is 2.35. The fourth-order valence-corrected chi connectivity index (χ4v) is 2.60. The fourth-order valence-electron chi connectivity index (χ4n) is 2.60. The fraction of sp³-hybridized carbons (Fsp3) is 0.353. The Morgan fingerprint density at radius 3 is 2.55 bits per heavy atom. The molecule has 0 heterocycles. The predicted octanol–water partition coefficient (Wildman–Crippen LogP) is 3.01. The molecule has 2 N–H and O–H groups in total. The smallest absolute Gasteiger partial charge is 0.306 e. The molecule has 0 aliphatic rings. The van der Waals surface area contributed by atoms with Crippen LogP contribution in [0.4, 0.5) is 0 Å². The van der Waals surface area contributed by atoms with Gasteiger partial charge in [-0.3, -0.25) is 4.79 Å². The van der Waals surface area contributed by atoms with Gasteiger partial charge in [-0.2, -0.15) is 0 Å². The predicted molar refractivity (Wildman–Crippen MR) is 81.6 cm³/mol. The van der Waals surface area contributed by atoms with Crippen molar-refractivity contribution in [2.45, 2.75) is 31.7 Å². The Balaban J connectivity index is 2.60. The van der Waals surface area contributed by atoms with E-state index in [-0.39, 0.29) is 18.4 Å². The van der Waals surface area contributed by atoms with Crippen molar-refractivity contribution >= 4 is 16.7 Å². The minimum atomic E-state index is -0.450. The van der Waals surface area contributed by atoms with E-state index in [4.69, 9.17) is 10.5 Å². The first-order valence-electron chi connectivity index (χ1n) is 6.79. The van der Waals surface area contributed by atoms with E-state index in [9.17, 15) is 4.79 Å². The highest BCUT2D eigenvalue weighted by Gasteiger charge is 2.35. The van der Waals surface area contributed by atoms with Crippen molar-refractivity contribution in [3.8, 4) is 0 Å². The van der Waals surface area contributed by atoms with Crippen molar-refractivity contribution in [2.24, 2.45) is 5.73 Å². The molecule has 3 nitrogen and oxygen atoms in total. The lowest BCUT2D eigenvalue weighted by Gasteiger charge is -2.34. The molecular formula is C17H21NO2. The van der Waals surface area contributed by atoms with Crippen LogP contribution in [0, 0.1) is 0 Å². The zero-order chi connectivity index (χ0) is 14.8. The minimum absolute atomic E-state index is 0.160. The van der Waals surface area contributed by atoms with Crippen molar-refractivity contribution in [3.05, 3.63) is 48.0 Å². The van der Waals surface area contributed by atoms with Gasteiger partial charge in [0.05, 0.1) is 13.5 Å². The number of methoxy groups -OCH3 is 1. The molecular weight excluding hydrogens is 250 g/mol. The summed E-state index contributed by atoms with van der Waals surface area (Å²) in [6, 6.07) is 14.1. The number of carbonyl (C=O) groups is 1. The highest BCUT2D eigenvalue weighted by atomic mass is 16.5. The Morgan fingerprint density at radius 2 is 1.90 bits per heavy atom. The average molecular weight is 271 g/mol. The van der Waals surface area contributed by atoms with E-state index in [1.807, 2.05) is 32.0 Å². The van der Waals surface area contributed by atoms with Gasteiger partial charge in [0.25, 0.3) is 0 Å². The van der Waals surface area contributed by atoms with Crippen LogP contribution in [-0.4, -0.2) is 19.1 Å². The van der Waals surface area contributed by atoms with Gasteiger partial charge >= 0.3 is 5.97 Å². The second kappa shape index (κ2) is 5.63. The number of hydrogen-bond donors (Lipinski definition) is 1. The minimum Gasteiger partial charge on any atom is -0.469 e. The van der Waals surface area contributed by atoms with E-state index in [2.05, 4.69) is 24.3 Å². The molecule has 2 rings (SSSR count). The summed E-state index contributed by atoms with van der Waals surface area (Å²) in [7, 11) is 1.41. The zero-order valence-electron chi connectivity index (χ0n) is 12.2. The maximum atomic E-state index is 11.8. The SMILES string of the molecule is COC(=O)CC(C)(c1cccc2ccccc12)C(C)N. The summed E-state index contributed by atoms with van der Waals surface area (Å²) in [5, 5.41) is 2.29. The van der Waals surface area contributed by atoms with Crippen molar-refractivity contribution in [3.63, 3.8) is 0 Å². The van der Waals surface area contributed by atoms with E-state index in [0.29, 0.717) is 0 Å². The number of rotatable bonds is 4. The maximum absolute atomic E-state index is 11.8. The quantitative estimate of drug-likeness (QED) is 0.870. The number of benzene rings is 2. The summed E-state index contributed by atoms with van der Waals surface area (Å²) in [6.07, 6.45) is 0.273. The van der Waals surface area contributed by atoms with E-state index < -0.39 is 5.41 Å². The van der Waals surface area contributed by atoms with Gasteiger partial charge in [-0.1, -0.05) is 49.4 Å². The summed E-state index contributed by atoms with van der Waals surface area (Å²) in [5.74, 6) is -0.238. The van der Waals surface area contributed by atoms with Crippen LogP contribution in [0.5, 0.6) is 0 Å². The second-order valence-electron chi connectivity index (χ2n) is 5.49. The third kappa shape index (κ3) is 2.54. The molecule has 0 aliphatic heterocycles. The van der Waals surface area contributed by atoms with Crippen molar-refractivity contribution < 1.29 is 9.53 Å². The summed E-state index contributed by atoms with van der Waals surface area (Å²) in [5.41, 5.74) is 6.83. The lowest BCUT2D eigenvalue weighted by atomic mass is 9.72. The molecule has 106 valence electrons. The van der Waals surface area contributed by atoms with E-state index in [1.165, 1.54) is 7.11 Å². The van der Waals surface area contributed by atoms with Gasteiger partial charge in [0.2, 0.25) is 0 Å². The third-order valence-corrected chi connectivity index (χ3v) is 4.15. The van der Waals surface area contributed by atoms with Crippen LogP contribution in [0.2, 0.25) is 0 Å². The Morgan fingerprint density at radius 1 is 1.25 bits per heavy atom. The third-order valence-electron chi connectivity index (χ3n) is 4.15. The van der Waals surface area contributed by atoms with Crippen molar-refractivity contribution in [1.82, 2.24) is 0 Å². The molecule has 0 amide bonds. The lowest BCUT2D eigenvalue weighted by Crippen LogP contribution is -2.43. The number of ether oxygens (including phenoxy) is 1. The van der Waals surface area contributed by atoms with Crippen molar-refractivity contribution in [1.29, 1.82) is 0 Å². The topological polar surface area (TPSA) is 52.3 Å². The number of hydrogen-bond acceptors (Lipinski definition) is 3. The standard InChI is InChI=1S/C17H21NO2/c1-12(18)17(2,11-16(19)20-3)15-10-6-8-13-7-4-5-9-14(13)15/h4-10,12H,11,18H2,1-3H3. The first-order valence-corrected chi connectivity index (χ1v) is 6.79. The molecule has 2 aromatic carbocycles. The molecule has 0 radical (unpaired) electrons. The Labute approximate surface area is 119 Å². The summed E-state index contributed by atoms with van der Waals surface area (Å²) in [4.78, 5) is 11.8. The first-order chi connectivity index (χ1) is 9.49. The molecule has 2 atom stereocenters. The van der Waals surface area contributed by atoms with E-state index in [1.54, 1.807) is 0 Å². The molecule has 0 spiro atoms. The average Bonchev–Trinajstić information content (AvgIpc) is 2.46. The van der Waals surface area contributed by atoms with Gasteiger partial charge in [-0.15, -0.1) is 0 Å². The van der Waals surface area contributed by atoms with Crippen LogP contribution in [0.3, 0.4) is 0 Å². The van der Waals surface area contributed by atoms with Gasteiger partial charge < -0.3 is 10.5 Å². The zero-order valence-corrected chi connectivity index (χ0v) is 12.2. The summed E-state index contributed by atoms with van der Waals surface area (Å²) in [6.45, 7) is 3.96. The molecule has 0 bridgehead atoms. The molecule has 2 unspecified atom stereocenters. The van der Waals surface area contributed by atoms with Gasteiger partial charge in [-0.25, -0.2) is 0 Å². The molecule has 0 aromatic heterocycles. The van der Waals surface area contributed by atoms with E-state index >= 15 is 0 Å². The number of fused-ring (bicyclic) bond motifs is 1. The normalized spacial score (nSPS) is 15.6. The molecule has 0 saturated heterocycles.